The van der Waals surface area contributed by atoms with Gasteiger partial charge in [0.05, 0.1) is 6.54 Å². The quantitative estimate of drug-likeness (QED) is 0.322. The Morgan fingerprint density at radius 3 is 2.66 bits per heavy atom. The van der Waals surface area contributed by atoms with E-state index in [4.69, 9.17) is 4.99 Å². The van der Waals surface area contributed by atoms with Gasteiger partial charge in [-0.2, -0.15) is 0 Å². The summed E-state index contributed by atoms with van der Waals surface area (Å²) in [5.41, 5.74) is 2.94. The summed E-state index contributed by atoms with van der Waals surface area (Å²) >= 11 is 0. The van der Waals surface area contributed by atoms with Crippen molar-refractivity contribution in [3.8, 4) is 0 Å². The number of nitrogens with one attached hydrogen (secondary N) is 2. The van der Waals surface area contributed by atoms with Gasteiger partial charge < -0.3 is 15.5 Å². The summed E-state index contributed by atoms with van der Waals surface area (Å²) in [6.07, 6.45) is 6.71. The van der Waals surface area contributed by atoms with E-state index in [1.165, 1.54) is 24.0 Å². The summed E-state index contributed by atoms with van der Waals surface area (Å²) in [7, 11) is 0. The Balaban J connectivity index is 0.00000289. The smallest absolute Gasteiger partial charge is 0.225 e. The Labute approximate surface area is 210 Å². The molecule has 1 saturated heterocycles. The van der Waals surface area contributed by atoms with E-state index in [9.17, 15) is 4.79 Å². The fourth-order valence-electron chi connectivity index (χ4n) is 5.26. The zero-order chi connectivity index (χ0) is 21.6. The first-order valence-electron chi connectivity index (χ1n) is 12.3. The standard InChI is InChI=1S/C25H39N5O.HI/c1-3-26-25(28-23-13-15-30(18-23)24(31)21-9-5-6-10-21)27-16-19(2)29-14-12-20-8-4-7-11-22(20)17-29;/h4,7-8,11,19,21,23H,3,5-6,9-10,12-18H2,1-2H3,(H2,26,27,28);1H. The van der Waals surface area contributed by atoms with E-state index in [-0.39, 0.29) is 29.9 Å². The van der Waals surface area contributed by atoms with E-state index in [1.54, 1.807) is 0 Å². The van der Waals surface area contributed by atoms with E-state index in [0.717, 1.165) is 70.9 Å². The molecule has 2 unspecified atom stereocenters. The van der Waals surface area contributed by atoms with Gasteiger partial charge in [0, 0.05) is 50.7 Å². The van der Waals surface area contributed by atoms with Crippen molar-refractivity contribution in [1.82, 2.24) is 20.4 Å². The number of rotatable bonds is 6. The van der Waals surface area contributed by atoms with Crippen molar-refractivity contribution in [3.05, 3.63) is 35.4 Å². The Morgan fingerprint density at radius 1 is 1.16 bits per heavy atom. The van der Waals surface area contributed by atoms with Gasteiger partial charge in [0.1, 0.15) is 0 Å². The van der Waals surface area contributed by atoms with Gasteiger partial charge in [0.25, 0.3) is 0 Å². The molecule has 1 aromatic rings. The summed E-state index contributed by atoms with van der Waals surface area (Å²) in [4.78, 5) is 22.2. The number of amides is 1. The van der Waals surface area contributed by atoms with Crippen molar-refractivity contribution in [2.45, 2.75) is 71.0 Å². The predicted molar refractivity (Wildman–Crippen MR) is 141 cm³/mol. The summed E-state index contributed by atoms with van der Waals surface area (Å²) in [5.74, 6) is 1.53. The highest BCUT2D eigenvalue weighted by Crippen LogP contribution is 2.28. The van der Waals surface area contributed by atoms with Crippen LogP contribution in [0.4, 0.5) is 0 Å². The molecule has 178 valence electrons. The van der Waals surface area contributed by atoms with Crippen LogP contribution in [0.15, 0.2) is 29.3 Å². The number of guanidine groups is 1. The van der Waals surface area contributed by atoms with Gasteiger partial charge in [0.2, 0.25) is 5.91 Å². The number of hydrogen-bond donors (Lipinski definition) is 2. The van der Waals surface area contributed by atoms with E-state index in [1.807, 2.05) is 0 Å². The van der Waals surface area contributed by atoms with Crippen LogP contribution in [0.3, 0.4) is 0 Å². The largest absolute Gasteiger partial charge is 0.357 e. The summed E-state index contributed by atoms with van der Waals surface area (Å²) in [5, 5.41) is 6.99. The number of fused-ring (bicyclic) bond motifs is 1. The molecule has 1 aromatic carbocycles. The molecule has 32 heavy (non-hydrogen) atoms. The van der Waals surface area contributed by atoms with Crippen LogP contribution < -0.4 is 10.6 Å². The van der Waals surface area contributed by atoms with Crippen LogP contribution in [0.1, 0.15) is 57.1 Å². The van der Waals surface area contributed by atoms with Crippen molar-refractivity contribution in [1.29, 1.82) is 0 Å². The molecule has 2 fully saturated rings. The van der Waals surface area contributed by atoms with E-state index < -0.39 is 0 Å². The zero-order valence-corrected chi connectivity index (χ0v) is 22.0. The maximum atomic E-state index is 12.7. The molecule has 0 bridgehead atoms. The molecule has 1 aliphatic carbocycles. The lowest BCUT2D eigenvalue weighted by Crippen LogP contribution is -2.46. The molecule has 1 saturated carbocycles. The van der Waals surface area contributed by atoms with Gasteiger partial charge in [-0.1, -0.05) is 37.1 Å². The zero-order valence-electron chi connectivity index (χ0n) is 19.7. The highest BCUT2D eigenvalue weighted by molar-refractivity contribution is 14.0. The first-order valence-corrected chi connectivity index (χ1v) is 12.3. The van der Waals surface area contributed by atoms with Gasteiger partial charge >= 0.3 is 0 Å². The minimum absolute atomic E-state index is 0. The third kappa shape index (κ3) is 6.37. The molecule has 0 radical (unpaired) electrons. The normalized spacial score (nSPS) is 22.9. The third-order valence-corrected chi connectivity index (χ3v) is 7.19. The molecular formula is C25H40IN5O. The van der Waals surface area contributed by atoms with Crippen LogP contribution >= 0.6 is 24.0 Å². The second-order valence-electron chi connectivity index (χ2n) is 9.45. The van der Waals surface area contributed by atoms with Gasteiger partial charge in [-0.3, -0.25) is 14.7 Å². The number of halogens is 1. The van der Waals surface area contributed by atoms with Crippen molar-refractivity contribution >= 4 is 35.8 Å². The predicted octanol–water partition coefficient (Wildman–Crippen LogP) is 3.40. The highest BCUT2D eigenvalue weighted by atomic mass is 127. The average molecular weight is 554 g/mol. The number of nitrogens with zero attached hydrogens (tertiary/aromatic N) is 3. The van der Waals surface area contributed by atoms with Crippen LogP contribution in [0.2, 0.25) is 0 Å². The third-order valence-electron chi connectivity index (χ3n) is 7.19. The number of benzene rings is 1. The summed E-state index contributed by atoms with van der Waals surface area (Å²) in [6.45, 7) is 9.78. The lowest BCUT2D eigenvalue weighted by Gasteiger charge is -2.33. The number of aliphatic imine (C=N–C) groups is 1. The van der Waals surface area contributed by atoms with Crippen molar-refractivity contribution < 1.29 is 4.79 Å². The molecule has 2 aliphatic heterocycles. The Bertz CT molecular complexity index is 779. The second-order valence-corrected chi connectivity index (χ2v) is 9.45. The van der Waals surface area contributed by atoms with Crippen LogP contribution in [0.25, 0.3) is 0 Å². The minimum atomic E-state index is 0. The Kier molecular flexibility index (Phi) is 9.64. The lowest BCUT2D eigenvalue weighted by atomic mass is 9.99. The van der Waals surface area contributed by atoms with Gasteiger partial charge in [0.15, 0.2) is 5.96 Å². The van der Waals surface area contributed by atoms with Crippen LogP contribution in [0.5, 0.6) is 0 Å². The fourth-order valence-corrected chi connectivity index (χ4v) is 5.26. The van der Waals surface area contributed by atoms with Crippen LogP contribution in [-0.2, 0) is 17.8 Å². The average Bonchev–Trinajstić information content (AvgIpc) is 3.49. The maximum Gasteiger partial charge on any atom is 0.225 e. The first kappa shape index (κ1) is 25.3. The van der Waals surface area contributed by atoms with E-state index in [2.05, 4.69) is 58.5 Å². The molecule has 6 nitrogen and oxygen atoms in total. The molecule has 2 atom stereocenters. The molecule has 2 N–H and O–H groups in total. The van der Waals surface area contributed by atoms with Gasteiger partial charge in [-0.25, -0.2) is 0 Å². The summed E-state index contributed by atoms with van der Waals surface area (Å²) < 4.78 is 0. The second kappa shape index (κ2) is 12.2. The van der Waals surface area contributed by atoms with E-state index >= 15 is 0 Å². The van der Waals surface area contributed by atoms with E-state index in [0.29, 0.717) is 18.0 Å². The van der Waals surface area contributed by atoms with Crippen molar-refractivity contribution in [2.75, 3.05) is 32.7 Å². The number of carbonyl (C=O) groups excluding carboxylic acids is 1. The molecule has 7 heteroatoms. The SMILES string of the molecule is CCNC(=NCC(C)N1CCc2ccccc2C1)NC1CCN(C(=O)C2CCCC2)C1.I. The maximum absolute atomic E-state index is 12.7. The van der Waals surface area contributed by atoms with Crippen LogP contribution in [-0.4, -0.2) is 66.5 Å². The first-order chi connectivity index (χ1) is 15.1. The topological polar surface area (TPSA) is 60.0 Å². The van der Waals surface area contributed by atoms with Gasteiger partial charge in [-0.05, 0) is 50.7 Å². The van der Waals surface area contributed by atoms with Crippen LogP contribution in [0, 0.1) is 5.92 Å². The van der Waals surface area contributed by atoms with Crippen molar-refractivity contribution in [3.63, 3.8) is 0 Å². The highest BCUT2D eigenvalue weighted by Gasteiger charge is 2.32. The lowest BCUT2D eigenvalue weighted by molar-refractivity contribution is -0.134. The molecule has 0 spiro atoms. The number of likely N-dealkylation sites (tertiary alicyclic amines) is 1. The minimum Gasteiger partial charge on any atom is -0.357 e. The monoisotopic (exact) mass is 553 g/mol. The van der Waals surface area contributed by atoms with Crippen molar-refractivity contribution in [2.24, 2.45) is 10.9 Å². The number of carbonyl (C=O) groups is 1. The Morgan fingerprint density at radius 2 is 1.91 bits per heavy atom. The molecule has 2 heterocycles. The molecule has 0 aromatic heterocycles. The fraction of sp³-hybridized carbons (Fsp3) is 0.680. The molecule has 3 aliphatic rings. The molecule has 1 amide bonds. The Hall–Kier alpha value is -1.35. The summed E-state index contributed by atoms with van der Waals surface area (Å²) in [6, 6.07) is 9.48. The number of hydrogen-bond acceptors (Lipinski definition) is 3. The molecule has 4 rings (SSSR count). The molecular weight excluding hydrogens is 513 g/mol. The van der Waals surface area contributed by atoms with Gasteiger partial charge in [-0.15, -0.1) is 24.0 Å².